The molecular formula is C40H36BrClF2N8O12S4. The third kappa shape index (κ3) is 15.9. The quantitative estimate of drug-likeness (QED) is 0.0542. The third-order valence-electron chi connectivity index (χ3n) is 8.12. The number of carbonyl (C=O) groups is 4. The molecule has 6 rings (SSSR count). The maximum absolute atomic E-state index is 13.8. The topological polar surface area (TPSA) is 271 Å². The molecule has 28 heteroatoms. The number of hydrogen-bond donors (Lipinski definition) is 6. The van der Waals surface area contributed by atoms with Crippen LogP contribution in [0.1, 0.15) is 11.4 Å². The maximum atomic E-state index is 13.8. The number of benzene rings is 4. The normalized spacial score (nSPS) is 11.1. The molecule has 4 aromatic carbocycles. The van der Waals surface area contributed by atoms with Crippen molar-refractivity contribution in [1.82, 2.24) is 19.4 Å². The van der Waals surface area contributed by atoms with Gasteiger partial charge in [-0.1, -0.05) is 58.5 Å². The Kier molecular flexibility index (Phi) is 18.3. The SMILES string of the molecule is COc1ccccc1Oc1cc(F)ccc1NC(=O)C(=O)Nc1nc(CNS(C)(=O)=O)c(Br)s1.COc1ccccc1Oc1cc(F)ccc1NC(=O)C(=O)Nc1nc(CNS(C)(=O)=O)c(Cl)s1. The Hall–Kier alpha value is -6.33. The zero-order valence-corrected chi connectivity index (χ0v) is 41.0. The average molecular weight is 1100 g/mol. The van der Waals surface area contributed by atoms with Gasteiger partial charge in [-0.15, -0.1) is 0 Å². The van der Waals surface area contributed by atoms with E-state index >= 15 is 0 Å². The zero-order chi connectivity index (χ0) is 49.8. The first-order valence-electron chi connectivity index (χ1n) is 18.8. The number of hydrogen-bond acceptors (Lipinski definition) is 16. The minimum atomic E-state index is -3.48. The largest absolute Gasteiger partial charge is 0.493 e. The first kappa shape index (κ1) is 52.6. The van der Waals surface area contributed by atoms with Crippen LogP contribution in [-0.2, 0) is 52.3 Å². The zero-order valence-electron chi connectivity index (χ0n) is 35.4. The number of rotatable bonds is 16. The van der Waals surface area contributed by atoms with Crippen molar-refractivity contribution < 1.29 is 63.7 Å². The molecule has 6 aromatic rings. The number of aromatic nitrogens is 2. The highest BCUT2D eigenvalue weighted by Gasteiger charge is 2.23. The molecule has 0 saturated carbocycles. The molecule has 68 heavy (non-hydrogen) atoms. The van der Waals surface area contributed by atoms with Gasteiger partial charge in [0.05, 0.1) is 66.4 Å². The fraction of sp³-hybridized carbons (Fsp3) is 0.150. The summed E-state index contributed by atoms with van der Waals surface area (Å²) < 4.78 is 99.5. The lowest BCUT2D eigenvalue weighted by Gasteiger charge is -2.14. The second-order valence-electron chi connectivity index (χ2n) is 13.3. The highest BCUT2D eigenvalue weighted by molar-refractivity contribution is 9.11. The molecule has 0 atom stereocenters. The average Bonchev–Trinajstić information content (AvgIpc) is 3.82. The monoisotopic (exact) mass is 1100 g/mol. The summed E-state index contributed by atoms with van der Waals surface area (Å²) in [5.41, 5.74) is 0.587. The van der Waals surface area contributed by atoms with Gasteiger partial charge in [-0.2, -0.15) is 0 Å². The maximum Gasteiger partial charge on any atom is 0.315 e. The summed E-state index contributed by atoms with van der Waals surface area (Å²) in [6.07, 6.45) is 1.98. The number of sulfonamides is 2. The van der Waals surface area contributed by atoms with Crippen LogP contribution in [0.2, 0.25) is 4.34 Å². The van der Waals surface area contributed by atoms with Crippen LogP contribution in [0.3, 0.4) is 0 Å². The summed E-state index contributed by atoms with van der Waals surface area (Å²) in [6.45, 7) is -0.285. The summed E-state index contributed by atoms with van der Waals surface area (Å²) in [7, 11) is -4.03. The van der Waals surface area contributed by atoms with Gasteiger partial charge in [0.1, 0.15) is 16.0 Å². The van der Waals surface area contributed by atoms with Crippen molar-refractivity contribution in [3.63, 3.8) is 0 Å². The number of amides is 4. The van der Waals surface area contributed by atoms with Crippen LogP contribution in [0.4, 0.5) is 30.4 Å². The number of nitrogens with zero attached hydrogens (tertiary/aromatic N) is 2. The molecule has 20 nitrogen and oxygen atoms in total. The van der Waals surface area contributed by atoms with Crippen molar-refractivity contribution in [3.8, 4) is 34.5 Å². The van der Waals surface area contributed by atoms with E-state index in [4.69, 9.17) is 30.5 Å². The second kappa shape index (κ2) is 23.6. The minimum absolute atomic E-state index is 0.0138. The van der Waals surface area contributed by atoms with Crippen molar-refractivity contribution in [2.24, 2.45) is 0 Å². The highest BCUT2D eigenvalue weighted by atomic mass is 79.9. The first-order chi connectivity index (χ1) is 32.1. The lowest BCUT2D eigenvalue weighted by molar-refractivity contribution is -0.133. The fourth-order valence-corrected chi connectivity index (χ4v) is 8.29. The molecule has 0 unspecified atom stereocenters. The molecule has 2 heterocycles. The van der Waals surface area contributed by atoms with Crippen LogP contribution in [0, 0.1) is 11.6 Å². The number of para-hydroxylation sites is 4. The van der Waals surface area contributed by atoms with E-state index in [9.17, 15) is 44.8 Å². The van der Waals surface area contributed by atoms with E-state index < -0.39 is 55.3 Å². The number of ether oxygens (including phenoxy) is 4. The molecule has 0 aliphatic rings. The Bertz CT molecular complexity index is 2870. The number of anilines is 4. The summed E-state index contributed by atoms with van der Waals surface area (Å²) in [5, 5.41) is 9.39. The summed E-state index contributed by atoms with van der Waals surface area (Å²) in [4.78, 5) is 57.7. The predicted molar refractivity (Wildman–Crippen MR) is 254 cm³/mol. The third-order valence-corrected chi connectivity index (χ3v) is 12.5. The Labute approximate surface area is 408 Å². The molecule has 0 aliphatic heterocycles. The number of thiazole rings is 2. The Morgan fingerprint density at radius 1 is 0.588 bits per heavy atom. The van der Waals surface area contributed by atoms with Crippen molar-refractivity contribution in [3.05, 3.63) is 116 Å². The van der Waals surface area contributed by atoms with Crippen molar-refractivity contribution in [2.45, 2.75) is 13.1 Å². The van der Waals surface area contributed by atoms with Crippen LogP contribution in [0.25, 0.3) is 0 Å². The molecule has 4 amide bonds. The van der Waals surface area contributed by atoms with Gasteiger partial charge >= 0.3 is 23.6 Å². The van der Waals surface area contributed by atoms with Crippen LogP contribution in [-0.4, -0.2) is 77.2 Å². The van der Waals surface area contributed by atoms with E-state index in [0.717, 1.165) is 59.5 Å². The van der Waals surface area contributed by atoms with Gasteiger partial charge in [-0.25, -0.2) is 45.0 Å². The fourth-order valence-electron chi connectivity index (χ4n) is 5.07. The first-order valence-corrected chi connectivity index (χ1v) is 25.3. The number of halogens is 4. The molecular weight excluding hydrogens is 1070 g/mol. The molecule has 0 radical (unpaired) electrons. The van der Waals surface area contributed by atoms with Gasteiger partial charge in [-0.3, -0.25) is 29.8 Å². The van der Waals surface area contributed by atoms with E-state index in [1.54, 1.807) is 48.5 Å². The number of methoxy groups -OCH3 is 2. The smallest absolute Gasteiger partial charge is 0.315 e. The molecule has 0 saturated heterocycles. The van der Waals surface area contributed by atoms with E-state index in [-0.39, 0.29) is 67.8 Å². The minimum Gasteiger partial charge on any atom is -0.493 e. The van der Waals surface area contributed by atoms with E-state index in [2.05, 4.69) is 56.6 Å². The Morgan fingerprint density at radius 3 is 1.40 bits per heavy atom. The van der Waals surface area contributed by atoms with Gasteiger partial charge in [0, 0.05) is 12.1 Å². The van der Waals surface area contributed by atoms with Crippen LogP contribution < -0.4 is 49.7 Å². The lowest BCUT2D eigenvalue weighted by atomic mass is 10.2. The van der Waals surface area contributed by atoms with Gasteiger partial charge in [0.25, 0.3) is 0 Å². The van der Waals surface area contributed by atoms with Crippen LogP contribution in [0.15, 0.2) is 88.7 Å². The van der Waals surface area contributed by atoms with Crippen LogP contribution >= 0.6 is 50.2 Å². The Balaban J connectivity index is 0.000000254. The lowest BCUT2D eigenvalue weighted by Crippen LogP contribution is -2.29. The summed E-state index contributed by atoms with van der Waals surface area (Å²) in [6, 6.07) is 20.1. The van der Waals surface area contributed by atoms with E-state index in [1.165, 1.54) is 26.4 Å². The van der Waals surface area contributed by atoms with Gasteiger partial charge in [0.15, 0.2) is 44.8 Å². The van der Waals surface area contributed by atoms with Crippen molar-refractivity contribution >= 4 is 116 Å². The molecule has 0 bridgehead atoms. The molecule has 2 aromatic heterocycles. The van der Waals surface area contributed by atoms with Gasteiger partial charge in [0.2, 0.25) is 20.0 Å². The highest BCUT2D eigenvalue weighted by Crippen LogP contribution is 2.37. The van der Waals surface area contributed by atoms with Crippen molar-refractivity contribution in [1.29, 1.82) is 0 Å². The molecule has 360 valence electrons. The number of carbonyl (C=O) groups excluding carboxylic acids is 4. The van der Waals surface area contributed by atoms with E-state index in [0.29, 0.717) is 21.0 Å². The number of nitrogens with one attached hydrogen (secondary N) is 6. The van der Waals surface area contributed by atoms with Crippen molar-refractivity contribution in [2.75, 3.05) is 48.0 Å². The van der Waals surface area contributed by atoms with Gasteiger partial charge < -0.3 is 29.6 Å². The molecule has 0 spiro atoms. The van der Waals surface area contributed by atoms with Crippen LogP contribution in [0.5, 0.6) is 34.5 Å². The second-order valence-corrected chi connectivity index (χ2v) is 20.9. The van der Waals surface area contributed by atoms with Gasteiger partial charge in [-0.05, 0) is 64.5 Å². The predicted octanol–water partition coefficient (Wildman–Crippen LogP) is 6.83. The standard InChI is InChI=1S/C20H18BrFN4O6S2.C20H18ClFN4O6S2/c2*1-31-14-5-3-4-6-15(14)32-16-9-11(22)7-8-12(16)24-18(27)19(28)26-20-25-13(17(21)33-20)10-23-34(2,29)30/h2*3-9,23H,10H2,1-2H3,(H,24,27)(H,25,26,28). The van der Waals surface area contributed by atoms with E-state index in [1.807, 2.05) is 0 Å². The summed E-state index contributed by atoms with van der Waals surface area (Å²) >= 11 is 11.1. The summed E-state index contributed by atoms with van der Waals surface area (Å²) in [5.74, 6) is -4.30. The Morgan fingerprint density at radius 2 is 0.971 bits per heavy atom. The molecule has 0 fully saturated rings. The molecule has 0 aliphatic carbocycles. The molecule has 6 N–H and O–H groups in total.